The summed E-state index contributed by atoms with van der Waals surface area (Å²) in [6, 6.07) is 0. The highest BCUT2D eigenvalue weighted by molar-refractivity contribution is 5.69. The highest BCUT2D eigenvalue weighted by Crippen LogP contribution is 2.90. The summed E-state index contributed by atoms with van der Waals surface area (Å²) in [6.07, 6.45) is 2.19. The van der Waals surface area contributed by atoms with Gasteiger partial charge in [-0.2, -0.15) is 0 Å². The summed E-state index contributed by atoms with van der Waals surface area (Å²) in [5.74, 6) is 5.83. The number of aliphatic carboxylic acids is 1. The lowest BCUT2D eigenvalue weighted by molar-refractivity contribution is -0.145. The first kappa shape index (κ1) is 7.70. The SMILES string of the molecule is O=C(O)C[C@@]12O[C@@H]3[C@@H]4[C@@H]5[C@@H]6C[C@@H]([C@H]5[C@H]41)[C@@H]2[C@@H]63. The van der Waals surface area contributed by atoms with E-state index >= 15 is 0 Å². The maximum Gasteiger partial charge on any atom is 0.306 e. The summed E-state index contributed by atoms with van der Waals surface area (Å²) in [6.45, 7) is 0. The van der Waals surface area contributed by atoms with Crippen molar-refractivity contribution in [3.05, 3.63) is 0 Å². The van der Waals surface area contributed by atoms with Gasteiger partial charge in [0, 0.05) is 0 Å². The highest BCUT2D eigenvalue weighted by Gasteiger charge is 2.92. The molecular weight excluding hydrogens is 204 g/mol. The van der Waals surface area contributed by atoms with Crippen LogP contribution in [0.4, 0.5) is 0 Å². The molecule has 0 spiro atoms. The van der Waals surface area contributed by atoms with Crippen molar-refractivity contribution in [3.8, 4) is 0 Å². The van der Waals surface area contributed by atoms with Crippen LogP contribution in [0.5, 0.6) is 0 Å². The van der Waals surface area contributed by atoms with Crippen LogP contribution in [0.15, 0.2) is 0 Å². The van der Waals surface area contributed by atoms with E-state index in [0.717, 1.165) is 35.5 Å². The van der Waals surface area contributed by atoms with Gasteiger partial charge in [0.05, 0.1) is 18.1 Å². The van der Waals surface area contributed by atoms with Gasteiger partial charge in [0.1, 0.15) is 0 Å². The minimum Gasteiger partial charge on any atom is -0.481 e. The monoisotopic (exact) mass is 218 g/mol. The van der Waals surface area contributed by atoms with Crippen molar-refractivity contribution < 1.29 is 14.6 Å². The molecule has 2 heterocycles. The summed E-state index contributed by atoms with van der Waals surface area (Å²) < 4.78 is 6.29. The predicted octanol–water partition coefficient (Wildman–Crippen LogP) is 0.986. The third-order valence-corrected chi connectivity index (χ3v) is 7.29. The number of carboxylic acid groups (broad SMARTS) is 1. The average Bonchev–Trinajstić information content (AvgIpc) is 2.73. The number of carboxylic acids is 1. The maximum atomic E-state index is 11.1. The minimum atomic E-state index is -0.645. The molecule has 3 nitrogen and oxygen atoms in total. The van der Waals surface area contributed by atoms with Crippen LogP contribution in [0.3, 0.4) is 0 Å². The Morgan fingerprint density at radius 3 is 2.88 bits per heavy atom. The van der Waals surface area contributed by atoms with Crippen molar-refractivity contribution >= 4 is 5.97 Å². The normalized spacial score (nSPS) is 77.9. The fourth-order valence-electron chi connectivity index (χ4n) is 7.72. The second-order valence-corrected chi connectivity index (χ2v) is 7.03. The van der Waals surface area contributed by atoms with Crippen molar-refractivity contribution in [1.29, 1.82) is 0 Å². The van der Waals surface area contributed by atoms with Gasteiger partial charge in [-0.25, -0.2) is 0 Å². The number of carbonyl (C=O) groups is 1. The fraction of sp³-hybridized carbons (Fsp3) is 0.923. The molecule has 0 aromatic carbocycles. The van der Waals surface area contributed by atoms with E-state index in [1.807, 2.05) is 0 Å². The average molecular weight is 218 g/mol. The second kappa shape index (κ2) is 1.76. The first-order chi connectivity index (χ1) is 7.74. The Morgan fingerprint density at radius 1 is 1.19 bits per heavy atom. The topological polar surface area (TPSA) is 46.5 Å². The number of hydrogen-bond acceptors (Lipinski definition) is 2. The molecule has 0 aromatic heterocycles. The largest absolute Gasteiger partial charge is 0.481 e. The van der Waals surface area contributed by atoms with Crippen LogP contribution in [-0.4, -0.2) is 22.8 Å². The van der Waals surface area contributed by atoms with Gasteiger partial charge in [0.25, 0.3) is 0 Å². The van der Waals surface area contributed by atoms with Crippen LogP contribution in [0.1, 0.15) is 12.8 Å². The molecule has 7 fully saturated rings. The molecule has 0 aromatic rings. The van der Waals surface area contributed by atoms with Crippen LogP contribution in [-0.2, 0) is 9.53 Å². The first-order valence-electron chi connectivity index (χ1n) is 6.64. The van der Waals surface area contributed by atoms with Gasteiger partial charge >= 0.3 is 5.97 Å². The van der Waals surface area contributed by atoms with Gasteiger partial charge in [0.15, 0.2) is 0 Å². The highest BCUT2D eigenvalue weighted by atomic mass is 16.5. The minimum absolute atomic E-state index is 0.192. The lowest BCUT2D eigenvalue weighted by Crippen LogP contribution is -2.49. The molecule has 4 bridgehead atoms. The zero-order chi connectivity index (χ0) is 10.4. The molecule has 0 amide bonds. The molecule has 7 aliphatic rings. The smallest absolute Gasteiger partial charge is 0.306 e. The third kappa shape index (κ3) is 0.430. The standard InChI is InChI=1S/C13H14O3/c14-5(15)2-13-10-4-1-3-6-7(4)11(13)9(6)12(16-13)8(3)10/h3-4,6-12H,1-2H2,(H,14,15)/t3-,4-,6+,7+,8+,9+,10+,11+,12-,13-/m0/s1. The number of rotatable bonds is 2. The Labute approximate surface area is 93.2 Å². The van der Waals surface area contributed by atoms with Crippen LogP contribution in [0.2, 0.25) is 0 Å². The first-order valence-corrected chi connectivity index (χ1v) is 6.64. The van der Waals surface area contributed by atoms with Crippen molar-refractivity contribution in [2.45, 2.75) is 24.5 Å². The summed E-state index contributed by atoms with van der Waals surface area (Å²) in [4.78, 5) is 11.1. The maximum absolute atomic E-state index is 11.1. The molecule has 2 saturated heterocycles. The van der Waals surface area contributed by atoms with E-state index in [1.54, 1.807) is 0 Å². The molecule has 2 aliphatic heterocycles. The molecule has 84 valence electrons. The van der Waals surface area contributed by atoms with Crippen LogP contribution >= 0.6 is 0 Å². The lowest BCUT2D eigenvalue weighted by atomic mass is 9.57. The molecule has 10 atom stereocenters. The van der Waals surface area contributed by atoms with E-state index in [2.05, 4.69) is 0 Å². The van der Waals surface area contributed by atoms with E-state index < -0.39 is 5.97 Å². The molecule has 5 saturated carbocycles. The predicted molar refractivity (Wildman–Crippen MR) is 52.4 cm³/mol. The Bertz CT molecular complexity index is 450. The summed E-state index contributed by atoms with van der Waals surface area (Å²) >= 11 is 0. The summed E-state index contributed by atoms with van der Waals surface area (Å²) in [7, 11) is 0. The third-order valence-electron chi connectivity index (χ3n) is 7.29. The van der Waals surface area contributed by atoms with Gasteiger partial charge in [-0.1, -0.05) is 0 Å². The number of ether oxygens (including phenoxy) is 1. The van der Waals surface area contributed by atoms with Gasteiger partial charge < -0.3 is 9.84 Å². The molecule has 0 radical (unpaired) electrons. The molecule has 0 unspecified atom stereocenters. The Balaban J connectivity index is 1.62. The van der Waals surface area contributed by atoms with Crippen molar-refractivity contribution in [1.82, 2.24) is 0 Å². The molecule has 1 N–H and O–H groups in total. The molecular formula is C13H14O3. The molecule has 16 heavy (non-hydrogen) atoms. The fourth-order valence-corrected chi connectivity index (χ4v) is 7.72. The Morgan fingerprint density at radius 2 is 2.06 bits per heavy atom. The van der Waals surface area contributed by atoms with Crippen molar-refractivity contribution in [2.75, 3.05) is 0 Å². The van der Waals surface area contributed by atoms with Crippen molar-refractivity contribution in [2.24, 2.45) is 47.3 Å². The van der Waals surface area contributed by atoms with Gasteiger partial charge in [0.2, 0.25) is 0 Å². The zero-order valence-corrected chi connectivity index (χ0v) is 8.87. The van der Waals surface area contributed by atoms with Gasteiger partial charge in [-0.05, 0) is 53.8 Å². The van der Waals surface area contributed by atoms with E-state index in [-0.39, 0.29) is 12.0 Å². The van der Waals surface area contributed by atoms with E-state index in [0.29, 0.717) is 17.9 Å². The quantitative estimate of drug-likeness (QED) is 0.751. The van der Waals surface area contributed by atoms with E-state index in [4.69, 9.17) is 4.74 Å². The summed E-state index contributed by atoms with van der Waals surface area (Å²) in [5, 5.41) is 9.17. The number of hydrogen-bond donors (Lipinski definition) is 1. The molecule has 5 aliphatic carbocycles. The zero-order valence-electron chi connectivity index (χ0n) is 8.87. The molecule has 7 rings (SSSR count). The van der Waals surface area contributed by atoms with E-state index in [9.17, 15) is 9.90 Å². The second-order valence-electron chi connectivity index (χ2n) is 7.03. The van der Waals surface area contributed by atoms with Crippen LogP contribution < -0.4 is 0 Å². The van der Waals surface area contributed by atoms with Gasteiger partial charge in [-0.3, -0.25) is 4.79 Å². The Hall–Kier alpha value is -0.570. The Kier molecular flexibility index (Phi) is 0.848. The van der Waals surface area contributed by atoms with Crippen molar-refractivity contribution in [3.63, 3.8) is 0 Å². The molecule has 3 heteroatoms. The van der Waals surface area contributed by atoms with E-state index in [1.165, 1.54) is 6.42 Å². The summed E-state index contributed by atoms with van der Waals surface area (Å²) in [5.41, 5.74) is -0.192. The van der Waals surface area contributed by atoms with Crippen LogP contribution in [0, 0.1) is 47.3 Å². The van der Waals surface area contributed by atoms with Gasteiger partial charge in [-0.15, -0.1) is 0 Å². The lowest BCUT2D eigenvalue weighted by Gasteiger charge is -2.45. The van der Waals surface area contributed by atoms with Crippen LogP contribution in [0.25, 0.3) is 0 Å².